The summed E-state index contributed by atoms with van der Waals surface area (Å²) >= 11 is 0. The van der Waals surface area contributed by atoms with Crippen LogP contribution in [0.1, 0.15) is 17.3 Å². The summed E-state index contributed by atoms with van der Waals surface area (Å²) in [6.07, 6.45) is -11.2. The standard InChI is InChI=1S/C13H14F4N2O7S/c1-5(9(20)10(21)11(18)22)26-12(23)7-4-6(14)2-3-8(7)27(24,25)19-13(15,16)17/h2-5,9-10,19-21H,1H3,(H2,18,22). The second-order valence-electron chi connectivity index (χ2n) is 5.19. The molecule has 0 heterocycles. The van der Waals surface area contributed by atoms with Crippen molar-refractivity contribution < 1.29 is 50.5 Å². The van der Waals surface area contributed by atoms with Crippen LogP contribution in [0.15, 0.2) is 23.1 Å². The van der Waals surface area contributed by atoms with E-state index in [2.05, 4.69) is 4.74 Å². The van der Waals surface area contributed by atoms with Crippen LogP contribution in [0.3, 0.4) is 0 Å². The maximum atomic E-state index is 13.4. The Labute approximate surface area is 149 Å². The zero-order valence-corrected chi connectivity index (χ0v) is 14.2. The van der Waals surface area contributed by atoms with Gasteiger partial charge in [0.1, 0.15) is 18.0 Å². The van der Waals surface area contributed by atoms with E-state index in [-0.39, 0.29) is 0 Å². The van der Waals surface area contributed by atoms with Crippen LogP contribution in [0.4, 0.5) is 17.6 Å². The highest BCUT2D eigenvalue weighted by atomic mass is 32.2. The molecule has 0 aromatic heterocycles. The van der Waals surface area contributed by atoms with E-state index in [1.165, 1.54) is 0 Å². The molecule has 0 spiro atoms. The van der Waals surface area contributed by atoms with Gasteiger partial charge in [0.25, 0.3) is 0 Å². The van der Waals surface area contributed by atoms with E-state index < -0.39 is 62.8 Å². The van der Waals surface area contributed by atoms with Crippen molar-refractivity contribution in [1.29, 1.82) is 0 Å². The number of primary amides is 1. The fourth-order valence-electron chi connectivity index (χ4n) is 1.83. The fourth-order valence-corrected chi connectivity index (χ4v) is 2.92. The third kappa shape index (κ3) is 6.13. The normalized spacial score (nSPS) is 15.7. The number of amides is 1. The van der Waals surface area contributed by atoms with Gasteiger partial charge in [-0.25, -0.2) is 17.6 Å². The first-order valence-corrected chi connectivity index (χ1v) is 8.40. The van der Waals surface area contributed by atoms with Gasteiger partial charge in [0.2, 0.25) is 15.9 Å². The van der Waals surface area contributed by atoms with E-state index in [0.29, 0.717) is 22.9 Å². The molecule has 152 valence electrons. The Balaban J connectivity index is 3.21. The van der Waals surface area contributed by atoms with E-state index in [1.54, 1.807) is 0 Å². The van der Waals surface area contributed by atoms with Crippen LogP contribution in [-0.4, -0.2) is 55.1 Å². The topological polar surface area (TPSA) is 156 Å². The average Bonchev–Trinajstić information content (AvgIpc) is 2.50. The van der Waals surface area contributed by atoms with Gasteiger partial charge >= 0.3 is 12.3 Å². The van der Waals surface area contributed by atoms with Crippen molar-refractivity contribution in [2.45, 2.75) is 36.4 Å². The number of hydrogen-bond donors (Lipinski definition) is 4. The van der Waals surface area contributed by atoms with Crippen LogP contribution in [0.25, 0.3) is 0 Å². The Hall–Kier alpha value is -2.29. The molecule has 0 radical (unpaired) electrons. The number of alkyl halides is 3. The highest BCUT2D eigenvalue weighted by molar-refractivity contribution is 7.89. The molecule has 1 rings (SSSR count). The first-order chi connectivity index (χ1) is 12.2. The number of ether oxygens (including phenoxy) is 1. The first-order valence-electron chi connectivity index (χ1n) is 6.92. The first kappa shape index (κ1) is 22.8. The quantitative estimate of drug-likeness (QED) is 0.261. The van der Waals surface area contributed by atoms with Gasteiger partial charge in [0.15, 0.2) is 6.10 Å². The molecular weight excluding hydrogens is 404 g/mol. The summed E-state index contributed by atoms with van der Waals surface area (Å²) in [5.74, 6) is -4.17. The smallest absolute Gasteiger partial charge is 0.456 e. The third-order valence-electron chi connectivity index (χ3n) is 3.09. The lowest BCUT2D eigenvalue weighted by molar-refractivity contribution is -0.138. The predicted molar refractivity (Wildman–Crippen MR) is 78.9 cm³/mol. The zero-order chi connectivity index (χ0) is 21.2. The van der Waals surface area contributed by atoms with Crippen molar-refractivity contribution in [1.82, 2.24) is 4.72 Å². The van der Waals surface area contributed by atoms with Crippen molar-refractivity contribution in [3.05, 3.63) is 29.6 Å². The number of sulfonamides is 1. The minimum Gasteiger partial charge on any atom is -0.456 e. The van der Waals surface area contributed by atoms with E-state index in [0.717, 1.165) is 6.92 Å². The van der Waals surface area contributed by atoms with Crippen LogP contribution in [-0.2, 0) is 19.6 Å². The lowest BCUT2D eigenvalue weighted by atomic mass is 10.1. The summed E-state index contributed by atoms with van der Waals surface area (Å²) < 4.78 is 78.9. The fraction of sp³-hybridized carbons (Fsp3) is 0.385. The van der Waals surface area contributed by atoms with Gasteiger partial charge < -0.3 is 20.7 Å². The van der Waals surface area contributed by atoms with Crippen LogP contribution in [0.2, 0.25) is 0 Å². The summed E-state index contributed by atoms with van der Waals surface area (Å²) in [5.41, 5.74) is 3.63. The largest absolute Gasteiger partial charge is 0.470 e. The lowest BCUT2D eigenvalue weighted by Gasteiger charge is -2.22. The second-order valence-corrected chi connectivity index (χ2v) is 6.84. The number of benzene rings is 1. The molecular formula is C13H14F4N2O7S. The minimum absolute atomic E-state index is 0.302. The molecule has 0 saturated carbocycles. The Bertz CT molecular complexity index is 828. The van der Waals surface area contributed by atoms with E-state index in [1.807, 2.05) is 0 Å². The lowest BCUT2D eigenvalue weighted by Crippen LogP contribution is -2.45. The number of rotatable bonds is 7. The number of aliphatic hydroxyl groups is 2. The molecule has 0 aliphatic heterocycles. The van der Waals surface area contributed by atoms with Gasteiger partial charge in [0.05, 0.1) is 10.5 Å². The molecule has 0 aliphatic rings. The number of aliphatic hydroxyl groups excluding tert-OH is 2. The number of carbonyl (C=O) groups excluding carboxylic acids is 2. The van der Waals surface area contributed by atoms with Gasteiger partial charge in [-0.3, -0.25) is 4.79 Å². The van der Waals surface area contributed by atoms with Crippen molar-refractivity contribution in [2.75, 3.05) is 0 Å². The van der Waals surface area contributed by atoms with Crippen LogP contribution in [0, 0.1) is 5.82 Å². The minimum atomic E-state index is -5.37. The molecule has 3 atom stereocenters. The average molecular weight is 418 g/mol. The van der Waals surface area contributed by atoms with Crippen molar-refractivity contribution in [2.24, 2.45) is 5.73 Å². The van der Waals surface area contributed by atoms with E-state index >= 15 is 0 Å². The number of halogens is 4. The highest BCUT2D eigenvalue weighted by Crippen LogP contribution is 2.23. The molecule has 27 heavy (non-hydrogen) atoms. The number of hydrogen-bond acceptors (Lipinski definition) is 7. The number of esters is 1. The molecule has 1 aromatic carbocycles. The second kappa shape index (κ2) is 8.16. The number of nitrogens with one attached hydrogen (secondary N) is 1. The summed E-state index contributed by atoms with van der Waals surface area (Å²) in [6, 6.07) is 1.20. The van der Waals surface area contributed by atoms with E-state index in [9.17, 15) is 45.8 Å². The monoisotopic (exact) mass is 418 g/mol. The van der Waals surface area contributed by atoms with Gasteiger partial charge in [-0.1, -0.05) is 0 Å². The van der Waals surface area contributed by atoms with Crippen LogP contribution < -0.4 is 10.5 Å². The van der Waals surface area contributed by atoms with Gasteiger partial charge in [-0.2, -0.15) is 13.2 Å². The highest BCUT2D eigenvalue weighted by Gasteiger charge is 2.37. The molecule has 0 fully saturated rings. The third-order valence-corrected chi connectivity index (χ3v) is 4.53. The molecule has 14 heteroatoms. The summed E-state index contributed by atoms with van der Waals surface area (Å²) in [5, 5.41) is 18.9. The molecule has 0 bridgehead atoms. The molecule has 1 aromatic rings. The Morgan fingerprint density at radius 3 is 2.30 bits per heavy atom. The molecule has 0 saturated heterocycles. The Morgan fingerprint density at radius 2 is 1.81 bits per heavy atom. The Kier molecular flexibility index (Phi) is 6.88. The maximum Gasteiger partial charge on any atom is 0.470 e. The van der Waals surface area contributed by atoms with Crippen molar-refractivity contribution in [3.8, 4) is 0 Å². The molecule has 0 aliphatic carbocycles. The summed E-state index contributed by atoms with van der Waals surface area (Å²) in [7, 11) is -5.32. The molecule has 1 amide bonds. The number of nitrogens with two attached hydrogens (primary N) is 1. The van der Waals surface area contributed by atoms with Crippen LogP contribution >= 0.6 is 0 Å². The van der Waals surface area contributed by atoms with Gasteiger partial charge in [-0.05, 0) is 25.1 Å². The van der Waals surface area contributed by atoms with Crippen molar-refractivity contribution >= 4 is 21.9 Å². The van der Waals surface area contributed by atoms with E-state index in [4.69, 9.17) is 5.73 Å². The molecule has 3 unspecified atom stereocenters. The van der Waals surface area contributed by atoms with Gasteiger partial charge in [-0.15, -0.1) is 4.72 Å². The predicted octanol–water partition coefficient (Wildman–Crippen LogP) is -0.624. The molecule has 5 N–H and O–H groups in total. The SMILES string of the molecule is CC(OC(=O)c1cc(F)ccc1S(=O)(=O)NC(F)(F)F)C(O)C(O)C(N)=O. The maximum absolute atomic E-state index is 13.4. The number of carbonyl (C=O) groups is 2. The zero-order valence-electron chi connectivity index (χ0n) is 13.4. The van der Waals surface area contributed by atoms with Crippen molar-refractivity contribution in [3.63, 3.8) is 0 Å². The van der Waals surface area contributed by atoms with Gasteiger partial charge in [0, 0.05) is 0 Å². The Morgan fingerprint density at radius 1 is 1.26 bits per heavy atom. The summed E-state index contributed by atoms with van der Waals surface area (Å²) in [6.45, 7) is 0.968. The molecule has 9 nitrogen and oxygen atoms in total. The summed E-state index contributed by atoms with van der Waals surface area (Å²) in [4.78, 5) is 21.6. The van der Waals surface area contributed by atoms with Crippen LogP contribution in [0.5, 0.6) is 0 Å².